The van der Waals surface area contributed by atoms with Crippen LogP contribution in [0.4, 0.5) is 0 Å². The summed E-state index contributed by atoms with van der Waals surface area (Å²) in [6, 6.07) is 0. The number of nitrogens with zero attached hydrogens (tertiary/aromatic N) is 2. The molecule has 0 fully saturated rings. The molecule has 1 aromatic heterocycles. The minimum absolute atomic E-state index is 0.810. The second-order valence-electron chi connectivity index (χ2n) is 3.41. The molecule has 80 valence electrons. The summed E-state index contributed by atoms with van der Waals surface area (Å²) in [6.07, 6.45) is 2.04. The molecular weight excluding hydrogens is 176 g/mol. The van der Waals surface area contributed by atoms with Crippen LogP contribution >= 0.6 is 0 Å². The van der Waals surface area contributed by atoms with Crippen molar-refractivity contribution in [2.75, 3.05) is 20.1 Å². The second kappa shape index (κ2) is 5.15. The van der Waals surface area contributed by atoms with Crippen molar-refractivity contribution in [1.82, 2.24) is 9.88 Å². The van der Waals surface area contributed by atoms with Crippen LogP contribution < -0.4 is 0 Å². The van der Waals surface area contributed by atoms with E-state index in [4.69, 9.17) is 4.42 Å². The number of hydrogen-bond acceptors (Lipinski definition) is 3. The molecule has 0 unspecified atom stereocenters. The van der Waals surface area contributed by atoms with E-state index in [1.54, 1.807) is 0 Å². The molecule has 0 saturated carbocycles. The van der Waals surface area contributed by atoms with Gasteiger partial charge in [-0.3, -0.25) is 0 Å². The Bertz CT molecular complexity index is 255. The van der Waals surface area contributed by atoms with Gasteiger partial charge in [-0.1, -0.05) is 13.8 Å². The molecule has 0 amide bonds. The lowest BCUT2D eigenvalue weighted by Gasteiger charge is -2.10. The molecule has 14 heavy (non-hydrogen) atoms. The SMILES string of the molecule is CC.Cc1nc2c(o1)CCN(C)CC2. The summed E-state index contributed by atoms with van der Waals surface area (Å²) >= 11 is 0. The summed E-state index contributed by atoms with van der Waals surface area (Å²) in [5, 5.41) is 0. The molecule has 0 bridgehead atoms. The van der Waals surface area contributed by atoms with Gasteiger partial charge in [0.15, 0.2) is 5.89 Å². The average Bonchev–Trinajstić information content (AvgIpc) is 2.47. The van der Waals surface area contributed by atoms with Crippen LogP contribution in [0.2, 0.25) is 0 Å². The van der Waals surface area contributed by atoms with Gasteiger partial charge in [-0.2, -0.15) is 0 Å². The van der Waals surface area contributed by atoms with Crippen LogP contribution in [0.5, 0.6) is 0 Å². The van der Waals surface area contributed by atoms with Gasteiger partial charge in [-0.05, 0) is 7.05 Å². The fraction of sp³-hybridized carbons (Fsp3) is 0.727. The standard InChI is InChI=1S/C9H14N2O.C2H6/c1-7-10-8-3-5-11(2)6-4-9(8)12-7;1-2/h3-6H2,1-2H3;1-2H3. The van der Waals surface area contributed by atoms with E-state index in [1.807, 2.05) is 20.8 Å². The van der Waals surface area contributed by atoms with Crippen LogP contribution in [0, 0.1) is 6.92 Å². The van der Waals surface area contributed by atoms with Gasteiger partial charge in [-0.25, -0.2) is 4.98 Å². The average molecular weight is 196 g/mol. The number of hydrogen-bond donors (Lipinski definition) is 0. The Hall–Kier alpha value is -0.830. The lowest BCUT2D eigenvalue weighted by atomic mass is 10.2. The van der Waals surface area contributed by atoms with Crippen molar-refractivity contribution >= 4 is 0 Å². The van der Waals surface area contributed by atoms with Crippen LogP contribution in [0.1, 0.15) is 31.2 Å². The van der Waals surface area contributed by atoms with Gasteiger partial charge in [0.25, 0.3) is 0 Å². The van der Waals surface area contributed by atoms with Crippen molar-refractivity contribution in [3.05, 3.63) is 17.3 Å². The number of aryl methyl sites for hydroxylation is 1. The van der Waals surface area contributed by atoms with E-state index in [0.29, 0.717) is 0 Å². The van der Waals surface area contributed by atoms with Crippen molar-refractivity contribution < 1.29 is 4.42 Å². The van der Waals surface area contributed by atoms with E-state index in [0.717, 1.165) is 43.3 Å². The molecule has 1 aromatic rings. The first-order chi connectivity index (χ1) is 6.75. The van der Waals surface area contributed by atoms with Crippen molar-refractivity contribution in [2.24, 2.45) is 0 Å². The minimum atomic E-state index is 0.810. The Balaban J connectivity index is 0.000000461. The lowest BCUT2D eigenvalue weighted by Crippen LogP contribution is -2.21. The first-order valence-electron chi connectivity index (χ1n) is 5.39. The number of fused-ring (bicyclic) bond motifs is 1. The fourth-order valence-corrected chi connectivity index (χ4v) is 1.60. The Labute approximate surface area is 86.1 Å². The number of likely N-dealkylation sites (N-methyl/N-ethyl adjacent to an activating group) is 1. The zero-order chi connectivity index (χ0) is 10.6. The van der Waals surface area contributed by atoms with Crippen molar-refractivity contribution in [2.45, 2.75) is 33.6 Å². The highest BCUT2D eigenvalue weighted by atomic mass is 16.4. The zero-order valence-corrected chi connectivity index (χ0v) is 9.63. The Kier molecular flexibility index (Phi) is 4.14. The molecule has 1 aliphatic heterocycles. The number of rotatable bonds is 0. The topological polar surface area (TPSA) is 29.3 Å². The van der Waals surface area contributed by atoms with E-state index >= 15 is 0 Å². The Morgan fingerprint density at radius 3 is 2.57 bits per heavy atom. The van der Waals surface area contributed by atoms with Gasteiger partial charge >= 0.3 is 0 Å². The monoisotopic (exact) mass is 196 g/mol. The zero-order valence-electron chi connectivity index (χ0n) is 9.63. The summed E-state index contributed by atoms with van der Waals surface area (Å²) in [5.74, 6) is 1.90. The second-order valence-corrected chi connectivity index (χ2v) is 3.41. The maximum atomic E-state index is 5.50. The molecule has 3 nitrogen and oxygen atoms in total. The molecule has 0 radical (unpaired) electrons. The van der Waals surface area contributed by atoms with E-state index in [-0.39, 0.29) is 0 Å². The van der Waals surface area contributed by atoms with E-state index in [2.05, 4.69) is 16.9 Å². The van der Waals surface area contributed by atoms with Gasteiger partial charge in [0.1, 0.15) is 5.76 Å². The molecule has 0 spiro atoms. The molecule has 0 aromatic carbocycles. The van der Waals surface area contributed by atoms with Crippen LogP contribution in [0.3, 0.4) is 0 Å². The lowest BCUT2D eigenvalue weighted by molar-refractivity contribution is 0.341. The first kappa shape index (κ1) is 11.2. The van der Waals surface area contributed by atoms with E-state index in [1.165, 1.54) is 0 Å². The molecule has 0 saturated heterocycles. The Morgan fingerprint density at radius 2 is 1.86 bits per heavy atom. The summed E-state index contributed by atoms with van der Waals surface area (Å²) in [7, 11) is 2.14. The van der Waals surface area contributed by atoms with Gasteiger partial charge in [0.2, 0.25) is 0 Å². The molecule has 1 aliphatic rings. The van der Waals surface area contributed by atoms with Gasteiger partial charge in [0, 0.05) is 32.9 Å². The maximum Gasteiger partial charge on any atom is 0.191 e. The highest BCUT2D eigenvalue weighted by Crippen LogP contribution is 2.15. The smallest absolute Gasteiger partial charge is 0.191 e. The third-order valence-electron chi connectivity index (χ3n) is 2.34. The van der Waals surface area contributed by atoms with Crippen molar-refractivity contribution in [3.63, 3.8) is 0 Å². The van der Waals surface area contributed by atoms with Crippen LogP contribution in [-0.2, 0) is 12.8 Å². The fourth-order valence-electron chi connectivity index (χ4n) is 1.60. The van der Waals surface area contributed by atoms with Crippen molar-refractivity contribution in [3.8, 4) is 0 Å². The summed E-state index contributed by atoms with van der Waals surface area (Å²) in [5.41, 5.74) is 1.16. The molecule has 0 atom stereocenters. The van der Waals surface area contributed by atoms with Crippen molar-refractivity contribution in [1.29, 1.82) is 0 Å². The molecule has 3 heteroatoms. The molecular formula is C11H20N2O. The maximum absolute atomic E-state index is 5.50. The third kappa shape index (κ3) is 2.58. The molecule has 0 aliphatic carbocycles. The highest BCUT2D eigenvalue weighted by molar-refractivity contribution is 5.12. The number of oxazole rings is 1. The molecule has 2 heterocycles. The largest absolute Gasteiger partial charge is 0.446 e. The predicted octanol–water partition coefficient (Wildman–Crippen LogP) is 2.04. The Morgan fingerprint density at radius 1 is 1.21 bits per heavy atom. The van der Waals surface area contributed by atoms with Crippen LogP contribution in [0.15, 0.2) is 4.42 Å². The molecule has 2 rings (SSSR count). The normalized spacial score (nSPS) is 16.6. The third-order valence-corrected chi connectivity index (χ3v) is 2.34. The summed E-state index contributed by atoms with van der Waals surface area (Å²) in [4.78, 5) is 6.66. The molecule has 0 N–H and O–H groups in total. The highest BCUT2D eigenvalue weighted by Gasteiger charge is 2.15. The first-order valence-corrected chi connectivity index (χ1v) is 5.39. The number of aromatic nitrogens is 1. The summed E-state index contributed by atoms with van der Waals surface area (Å²) < 4.78 is 5.50. The quantitative estimate of drug-likeness (QED) is 0.636. The predicted molar refractivity (Wildman–Crippen MR) is 57.5 cm³/mol. The summed E-state index contributed by atoms with van der Waals surface area (Å²) in [6.45, 7) is 8.10. The van der Waals surface area contributed by atoms with E-state index in [9.17, 15) is 0 Å². The van der Waals surface area contributed by atoms with Crippen LogP contribution in [-0.4, -0.2) is 30.0 Å². The van der Waals surface area contributed by atoms with E-state index < -0.39 is 0 Å². The van der Waals surface area contributed by atoms with Crippen LogP contribution in [0.25, 0.3) is 0 Å². The van der Waals surface area contributed by atoms with Gasteiger partial charge in [-0.15, -0.1) is 0 Å². The minimum Gasteiger partial charge on any atom is -0.446 e. The van der Waals surface area contributed by atoms with Gasteiger partial charge < -0.3 is 9.32 Å². The van der Waals surface area contributed by atoms with Gasteiger partial charge in [0.05, 0.1) is 5.69 Å².